The van der Waals surface area contributed by atoms with Crippen molar-refractivity contribution >= 4 is 14.2 Å². The van der Waals surface area contributed by atoms with Crippen LogP contribution in [0.5, 0.6) is 0 Å². The molecule has 0 saturated carbocycles. The molecule has 6 heteroatoms. The third-order valence-electron chi connectivity index (χ3n) is 6.40. The van der Waals surface area contributed by atoms with Gasteiger partial charge in [-0.2, -0.15) is 0 Å². The summed E-state index contributed by atoms with van der Waals surface area (Å²) in [6.45, 7) is 20.3. The molecule has 2 unspecified atom stereocenters. The molecule has 0 aromatic rings. The van der Waals surface area contributed by atoms with Gasteiger partial charge in [0.1, 0.15) is 0 Å². The van der Waals surface area contributed by atoms with Gasteiger partial charge in [0.05, 0.1) is 6.04 Å². The number of hydrogen-bond acceptors (Lipinski definition) is 4. The second kappa shape index (κ2) is 8.07. The molecule has 2 aliphatic rings. The van der Waals surface area contributed by atoms with E-state index in [2.05, 4.69) is 62.8 Å². The summed E-state index contributed by atoms with van der Waals surface area (Å²) in [5.41, 5.74) is 0. The predicted octanol–water partition coefficient (Wildman–Crippen LogP) is 2.68. The molecule has 146 valence electrons. The van der Waals surface area contributed by atoms with Gasteiger partial charge in [-0.15, -0.1) is 0 Å². The molecule has 0 bridgehead atoms. The summed E-state index contributed by atoms with van der Waals surface area (Å²) in [6, 6.07) is 0.912. The van der Waals surface area contributed by atoms with Gasteiger partial charge in [0, 0.05) is 44.9 Å². The van der Waals surface area contributed by atoms with Crippen molar-refractivity contribution in [1.82, 2.24) is 15.1 Å². The number of nitrogens with zero attached hydrogens (tertiary/aromatic N) is 2. The fourth-order valence-electron chi connectivity index (χ4n) is 3.50. The van der Waals surface area contributed by atoms with Crippen LogP contribution in [0.1, 0.15) is 47.5 Å². The molecule has 2 saturated heterocycles. The Hall–Kier alpha value is -0.433. The number of hydrogen-bond donors (Lipinski definition) is 1. The lowest BCUT2D eigenvalue weighted by Crippen LogP contribution is -2.57. The molecule has 0 radical (unpaired) electrons. The minimum Gasteiger partial charge on any atom is -0.416 e. The van der Waals surface area contributed by atoms with Crippen LogP contribution in [0.2, 0.25) is 18.1 Å². The van der Waals surface area contributed by atoms with Crippen LogP contribution >= 0.6 is 0 Å². The van der Waals surface area contributed by atoms with Crippen LogP contribution in [0.15, 0.2) is 0 Å². The van der Waals surface area contributed by atoms with Crippen LogP contribution in [-0.4, -0.2) is 74.9 Å². The second-order valence-corrected chi connectivity index (χ2v) is 14.3. The lowest BCUT2D eigenvalue weighted by atomic mass is 10.1. The van der Waals surface area contributed by atoms with E-state index in [4.69, 9.17) is 4.43 Å². The van der Waals surface area contributed by atoms with Gasteiger partial charge in [0.25, 0.3) is 0 Å². The minimum atomic E-state index is -1.67. The summed E-state index contributed by atoms with van der Waals surface area (Å²) in [5.74, 6) is 0.299. The van der Waals surface area contributed by atoms with Crippen molar-refractivity contribution in [3.05, 3.63) is 0 Å². The van der Waals surface area contributed by atoms with Crippen LogP contribution in [0, 0.1) is 0 Å². The average Bonchev–Trinajstić information content (AvgIpc) is 2.93. The van der Waals surface area contributed by atoms with Crippen molar-refractivity contribution in [3.8, 4) is 0 Å². The first-order chi connectivity index (χ1) is 11.5. The molecule has 2 rings (SSSR count). The average molecular weight is 370 g/mol. The number of nitrogens with one attached hydrogen (secondary N) is 1. The maximum Gasteiger partial charge on any atom is 0.239 e. The zero-order valence-corrected chi connectivity index (χ0v) is 18.4. The lowest BCUT2D eigenvalue weighted by Gasteiger charge is -2.42. The second-order valence-electron chi connectivity index (χ2n) is 9.48. The normalized spacial score (nSPS) is 29.2. The molecule has 1 N–H and O–H groups in total. The van der Waals surface area contributed by atoms with Gasteiger partial charge in [0.2, 0.25) is 5.91 Å². The van der Waals surface area contributed by atoms with Crippen molar-refractivity contribution in [3.63, 3.8) is 0 Å². The highest BCUT2D eigenvalue weighted by molar-refractivity contribution is 6.74. The molecule has 2 fully saturated rings. The molecule has 0 spiro atoms. The number of rotatable bonds is 5. The molecule has 25 heavy (non-hydrogen) atoms. The Labute approximate surface area is 155 Å². The standard InChI is InChI=1S/C19H39N3O2Si/c1-15-8-9-17(20-15)18(23)22-11-10-21(16(2)14-22)12-13-24-25(6,7)19(3,4)5/h15-17,20H,8-14H2,1-7H3/t15?,16-,17?/m1/s1. The van der Waals surface area contributed by atoms with E-state index in [9.17, 15) is 4.79 Å². The maximum atomic E-state index is 12.7. The quantitative estimate of drug-likeness (QED) is 0.757. The van der Waals surface area contributed by atoms with E-state index in [1.165, 1.54) is 0 Å². The van der Waals surface area contributed by atoms with Crippen molar-refractivity contribution in [1.29, 1.82) is 0 Å². The van der Waals surface area contributed by atoms with Crippen molar-refractivity contribution < 1.29 is 9.22 Å². The third kappa shape index (κ3) is 5.28. The summed E-state index contributed by atoms with van der Waals surface area (Å²) < 4.78 is 6.32. The largest absolute Gasteiger partial charge is 0.416 e. The lowest BCUT2D eigenvalue weighted by molar-refractivity contribution is -0.136. The third-order valence-corrected chi connectivity index (χ3v) is 10.9. The zero-order valence-electron chi connectivity index (χ0n) is 17.4. The molecule has 3 atom stereocenters. The van der Waals surface area contributed by atoms with Gasteiger partial charge in [-0.05, 0) is 44.8 Å². The van der Waals surface area contributed by atoms with Gasteiger partial charge in [-0.3, -0.25) is 9.69 Å². The summed E-state index contributed by atoms with van der Waals surface area (Å²) in [7, 11) is -1.67. The summed E-state index contributed by atoms with van der Waals surface area (Å²) in [4.78, 5) is 17.2. The Balaban J connectivity index is 1.77. The fraction of sp³-hybridized carbons (Fsp3) is 0.947. The first-order valence-electron chi connectivity index (χ1n) is 9.94. The first kappa shape index (κ1) is 20.9. The van der Waals surface area contributed by atoms with E-state index in [1.807, 2.05) is 0 Å². The Morgan fingerprint density at radius 3 is 2.40 bits per heavy atom. The van der Waals surface area contributed by atoms with Gasteiger partial charge >= 0.3 is 0 Å². The Morgan fingerprint density at radius 2 is 1.88 bits per heavy atom. The zero-order chi connectivity index (χ0) is 18.8. The van der Waals surface area contributed by atoms with E-state index < -0.39 is 8.32 Å². The van der Waals surface area contributed by atoms with Crippen LogP contribution < -0.4 is 5.32 Å². The van der Waals surface area contributed by atoms with Gasteiger partial charge in [-0.1, -0.05) is 20.8 Å². The Morgan fingerprint density at radius 1 is 1.20 bits per heavy atom. The molecule has 5 nitrogen and oxygen atoms in total. The Bertz CT molecular complexity index is 464. The molecule has 0 aromatic carbocycles. The summed E-state index contributed by atoms with van der Waals surface area (Å²) >= 11 is 0. The predicted molar refractivity (Wildman–Crippen MR) is 106 cm³/mol. The van der Waals surface area contributed by atoms with E-state index in [-0.39, 0.29) is 11.1 Å². The summed E-state index contributed by atoms with van der Waals surface area (Å²) in [6.07, 6.45) is 2.09. The molecule has 0 aromatic heterocycles. The van der Waals surface area contributed by atoms with Crippen LogP contribution in [-0.2, 0) is 9.22 Å². The molecule has 2 aliphatic heterocycles. The van der Waals surface area contributed by atoms with Crippen molar-refractivity contribution in [2.45, 2.75) is 83.7 Å². The van der Waals surface area contributed by atoms with Gasteiger partial charge < -0.3 is 14.6 Å². The highest BCUT2D eigenvalue weighted by Crippen LogP contribution is 2.36. The van der Waals surface area contributed by atoms with Crippen molar-refractivity contribution in [2.75, 3.05) is 32.8 Å². The number of carbonyl (C=O) groups excluding carboxylic acids is 1. The van der Waals surface area contributed by atoms with E-state index in [0.29, 0.717) is 18.0 Å². The molecular formula is C19H39N3O2Si. The number of piperazine rings is 1. The first-order valence-corrected chi connectivity index (χ1v) is 12.8. The van der Waals surface area contributed by atoms with E-state index >= 15 is 0 Å². The number of carbonyl (C=O) groups is 1. The number of amides is 1. The maximum absolute atomic E-state index is 12.7. The van der Waals surface area contributed by atoms with Crippen LogP contribution in [0.25, 0.3) is 0 Å². The van der Waals surface area contributed by atoms with Crippen LogP contribution in [0.4, 0.5) is 0 Å². The monoisotopic (exact) mass is 369 g/mol. The highest BCUT2D eigenvalue weighted by atomic mass is 28.4. The summed E-state index contributed by atoms with van der Waals surface area (Å²) in [5, 5.41) is 3.68. The SMILES string of the molecule is CC1CCC(C(=O)N2CCN(CCO[Si](C)(C)C(C)(C)C)[C@H](C)C2)N1. The van der Waals surface area contributed by atoms with Gasteiger partial charge in [0.15, 0.2) is 8.32 Å². The van der Waals surface area contributed by atoms with Gasteiger partial charge in [-0.25, -0.2) is 0 Å². The Kier molecular flexibility index (Phi) is 6.74. The molecule has 1 amide bonds. The van der Waals surface area contributed by atoms with E-state index in [0.717, 1.165) is 45.6 Å². The molecular weight excluding hydrogens is 330 g/mol. The smallest absolute Gasteiger partial charge is 0.239 e. The molecule has 0 aliphatic carbocycles. The fourth-order valence-corrected chi connectivity index (χ4v) is 4.54. The minimum absolute atomic E-state index is 0.0377. The molecule has 2 heterocycles. The highest BCUT2D eigenvalue weighted by Gasteiger charge is 2.37. The van der Waals surface area contributed by atoms with E-state index in [1.54, 1.807) is 0 Å². The topological polar surface area (TPSA) is 44.8 Å². The van der Waals surface area contributed by atoms with Crippen LogP contribution in [0.3, 0.4) is 0 Å². The van der Waals surface area contributed by atoms with Crippen molar-refractivity contribution in [2.24, 2.45) is 0 Å².